The molecule has 0 bridgehead atoms. The van der Waals surface area contributed by atoms with Gasteiger partial charge in [0.1, 0.15) is 12.4 Å². The maximum atomic E-state index is 12.1. The lowest BCUT2D eigenvalue weighted by Gasteiger charge is -2.28. The summed E-state index contributed by atoms with van der Waals surface area (Å²) in [5, 5.41) is 2.34. The van der Waals surface area contributed by atoms with Crippen LogP contribution in [0.25, 0.3) is 0 Å². The summed E-state index contributed by atoms with van der Waals surface area (Å²) < 4.78 is 10.6. The molecule has 1 aliphatic heterocycles. The Morgan fingerprint density at radius 3 is 2.89 bits per heavy atom. The van der Waals surface area contributed by atoms with Gasteiger partial charge in [-0.2, -0.15) is 0 Å². The number of ether oxygens (including phenoxy) is 2. The molecular formula is C19H21N3O5S. The van der Waals surface area contributed by atoms with Gasteiger partial charge in [0.25, 0.3) is 5.91 Å². The third-order valence-electron chi connectivity index (χ3n) is 4.20. The van der Waals surface area contributed by atoms with Gasteiger partial charge in [0.15, 0.2) is 11.7 Å². The summed E-state index contributed by atoms with van der Waals surface area (Å²) in [5.74, 6) is -0.0861. The van der Waals surface area contributed by atoms with Crippen LogP contribution in [0.5, 0.6) is 5.75 Å². The van der Waals surface area contributed by atoms with E-state index >= 15 is 0 Å². The number of fused-ring (bicyclic) bond motifs is 1. The number of benzene rings is 1. The van der Waals surface area contributed by atoms with Crippen molar-refractivity contribution in [2.24, 2.45) is 0 Å². The van der Waals surface area contributed by atoms with E-state index in [1.54, 1.807) is 22.4 Å². The van der Waals surface area contributed by atoms with E-state index in [1.165, 1.54) is 23.2 Å². The Bertz CT molecular complexity index is 882. The third kappa shape index (κ3) is 4.48. The molecule has 148 valence electrons. The SMILES string of the molecule is CCN(C(C)=O)c1nc(COC(=O)CCN2C(=O)COc3ccccc32)cs1. The van der Waals surface area contributed by atoms with Crippen molar-refractivity contribution in [3.05, 3.63) is 35.3 Å². The number of nitrogens with zero attached hydrogens (tertiary/aromatic N) is 3. The first-order valence-electron chi connectivity index (χ1n) is 8.90. The fraction of sp³-hybridized carbons (Fsp3) is 0.368. The molecule has 0 atom stereocenters. The quantitative estimate of drug-likeness (QED) is 0.660. The highest BCUT2D eigenvalue weighted by molar-refractivity contribution is 7.14. The van der Waals surface area contributed by atoms with Gasteiger partial charge in [0.05, 0.1) is 17.8 Å². The second kappa shape index (κ2) is 8.83. The molecule has 1 aromatic carbocycles. The van der Waals surface area contributed by atoms with Gasteiger partial charge >= 0.3 is 5.97 Å². The average molecular weight is 403 g/mol. The smallest absolute Gasteiger partial charge is 0.307 e. The number of amides is 2. The molecule has 0 spiro atoms. The van der Waals surface area contributed by atoms with Crippen LogP contribution in [0, 0.1) is 0 Å². The molecule has 1 aliphatic rings. The molecule has 0 N–H and O–H groups in total. The molecule has 0 saturated heterocycles. The summed E-state index contributed by atoms with van der Waals surface area (Å²) in [6, 6.07) is 7.21. The van der Waals surface area contributed by atoms with E-state index in [4.69, 9.17) is 9.47 Å². The Morgan fingerprint density at radius 2 is 2.14 bits per heavy atom. The van der Waals surface area contributed by atoms with Crippen molar-refractivity contribution in [1.29, 1.82) is 0 Å². The second-order valence-corrected chi connectivity index (χ2v) is 6.93. The molecule has 2 amide bonds. The number of thiazole rings is 1. The number of carbonyl (C=O) groups excluding carboxylic acids is 3. The van der Waals surface area contributed by atoms with Crippen molar-refractivity contribution in [3.8, 4) is 5.75 Å². The van der Waals surface area contributed by atoms with Gasteiger partial charge in [-0.1, -0.05) is 12.1 Å². The van der Waals surface area contributed by atoms with Crippen LogP contribution in [0.1, 0.15) is 26.0 Å². The minimum Gasteiger partial charge on any atom is -0.482 e. The summed E-state index contributed by atoms with van der Waals surface area (Å²) in [7, 11) is 0. The summed E-state index contributed by atoms with van der Waals surface area (Å²) in [6.07, 6.45) is 0.0611. The second-order valence-electron chi connectivity index (χ2n) is 6.10. The number of aromatic nitrogens is 1. The largest absolute Gasteiger partial charge is 0.482 e. The van der Waals surface area contributed by atoms with Crippen molar-refractivity contribution >= 4 is 39.9 Å². The van der Waals surface area contributed by atoms with Crippen molar-refractivity contribution in [2.75, 3.05) is 29.5 Å². The molecule has 1 aromatic heterocycles. The van der Waals surface area contributed by atoms with E-state index in [0.717, 1.165) is 0 Å². The molecule has 8 nitrogen and oxygen atoms in total. The molecule has 2 aromatic rings. The van der Waals surface area contributed by atoms with Crippen molar-refractivity contribution in [3.63, 3.8) is 0 Å². The highest BCUT2D eigenvalue weighted by Gasteiger charge is 2.25. The first-order valence-corrected chi connectivity index (χ1v) is 9.78. The summed E-state index contributed by atoms with van der Waals surface area (Å²) in [5.41, 5.74) is 1.24. The van der Waals surface area contributed by atoms with Crippen LogP contribution in [0.2, 0.25) is 0 Å². The van der Waals surface area contributed by atoms with Crippen molar-refractivity contribution < 1.29 is 23.9 Å². The van der Waals surface area contributed by atoms with E-state index in [-0.39, 0.29) is 38.0 Å². The predicted molar refractivity (Wildman–Crippen MR) is 105 cm³/mol. The van der Waals surface area contributed by atoms with E-state index in [2.05, 4.69) is 4.98 Å². The van der Waals surface area contributed by atoms with E-state index in [0.29, 0.717) is 28.8 Å². The van der Waals surface area contributed by atoms with Crippen LogP contribution in [0.3, 0.4) is 0 Å². The zero-order valence-corrected chi connectivity index (χ0v) is 16.5. The number of rotatable bonds is 7. The number of para-hydroxylation sites is 2. The maximum absolute atomic E-state index is 12.1. The van der Waals surface area contributed by atoms with E-state index in [1.807, 2.05) is 19.1 Å². The molecule has 9 heteroatoms. The molecule has 0 unspecified atom stereocenters. The van der Waals surface area contributed by atoms with Crippen LogP contribution >= 0.6 is 11.3 Å². The number of hydrogen-bond donors (Lipinski definition) is 0. The highest BCUT2D eigenvalue weighted by atomic mass is 32.1. The average Bonchev–Trinajstić information content (AvgIpc) is 3.14. The molecule has 0 aliphatic carbocycles. The van der Waals surface area contributed by atoms with Crippen LogP contribution in [0.15, 0.2) is 29.6 Å². The number of carbonyl (C=O) groups is 3. The predicted octanol–water partition coefficient (Wildman–Crippen LogP) is 2.37. The summed E-state index contributed by atoms with van der Waals surface area (Å²) in [6.45, 7) is 4.07. The van der Waals surface area contributed by atoms with Gasteiger partial charge in [-0.05, 0) is 19.1 Å². The van der Waals surface area contributed by atoms with Crippen LogP contribution in [0.4, 0.5) is 10.8 Å². The zero-order chi connectivity index (χ0) is 20.1. The third-order valence-corrected chi connectivity index (χ3v) is 5.11. The molecular weight excluding hydrogens is 382 g/mol. The monoisotopic (exact) mass is 403 g/mol. The van der Waals surface area contributed by atoms with Crippen LogP contribution in [-0.4, -0.2) is 42.5 Å². The Balaban J connectivity index is 1.52. The van der Waals surface area contributed by atoms with Gasteiger partial charge in [-0.3, -0.25) is 19.3 Å². The van der Waals surface area contributed by atoms with Crippen LogP contribution < -0.4 is 14.5 Å². The number of esters is 1. The van der Waals surface area contributed by atoms with E-state index in [9.17, 15) is 14.4 Å². The lowest BCUT2D eigenvalue weighted by Crippen LogP contribution is -2.40. The van der Waals surface area contributed by atoms with Gasteiger partial charge in [-0.25, -0.2) is 4.98 Å². The number of anilines is 2. The fourth-order valence-corrected chi connectivity index (χ4v) is 3.73. The Kier molecular flexibility index (Phi) is 6.25. The zero-order valence-electron chi connectivity index (χ0n) is 15.7. The molecule has 0 radical (unpaired) electrons. The standard InChI is InChI=1S/C19H21N3O5S/c1-3-21(13(2)23)19-20-14(12-28-19)10-27-18(25)8-9-22-15-6-4-5-7-16(15)26-11-17(22)24/h4-7,12H,3,8-11H2,1-2H3. The van der Waals surface area contributed by atoms with Gasteiger partial charge < -0.3 is 14.4 Å². The lowest BCUT2D eigenvalue weighted by molar-refractivity contribution is -0.144. The molecule has 3 rings (SSSR count). The first kappa shape index (κ1) is 19.8. The summed E-state index contributed by atoms with van der Waals surface area (Å²) >= 11 is 1.33. The topological polar surface area (TPSA) is 89.0 Å². The minimum absolute atomic E-state index is 0.0262. The molecule has 0 fully saturated rings. The Labute approximate surface area is 166 Å². The molecule has 0 saturated carbocycles. The lowest BCUT2D eigenvalue weighted by atomic mass is 10.2. The van der Waals surface area contributed by atoms with E-state index < -0.39 is 5.97 Å². The first-order chi connectivity index (χ1) is 13.5. The van der Waals surface area contributed by atoms with Gasteiger partial charge in [0, 0.05) is 25.4 Å². The highest BCUT2D eigenvalue weighted by Crippen LogP contribution is 2.31. The molecule has 28 heavy (non-hydrogen) atoms. The van der Waals surface area contributed by atoms with Gasteiger partial charge in [-0.15, -0.1) is 11.3 Å². The molecule has 2 heterocycles. The normalized spacial score (nSPS) is 12.9. The van der Waals surface area contributed by atoms with Crippen molar-refractivity contribution in [1.82, 2.24) is 4.98 Å². The maximum Gasteiger partial charge on any atom is 0.307 e. The van der Waals surface area contributed by atoms with Gasteiger partial charge in [0.2, 0.25) is 5.91 Å². The fourth-order valence-electron chi connectivity index (χ4n) is 2.81. The summed E-state index contributed by atoms with van der Waals surface area (Å²) in [4.78, 5) is 43.2. The van der Waals surface area contributed by atoms with Crippen LogP contribution in [-0.2, 0) is 25.7 Å². The minimum atomic E-state index is -0.426. The van der Waals surface area contributed by atoms with Crippen molar-refractivity contribution in [2.45, 2.75) is 26.9 Å². The Hall–Kier alpha value is -2.94. The number of hydrogen-bond acceptors (Lipinski definition) is 7. The Morgan fingerprint density at radius 1 is 1.36 bits per heavy atom.